The Balaban J connectivity index is 0.958. The number of alkyl halides is 3. The van der Waals surface area contributed by atoms with Crippen LogP contribution in [-0.4, -0.2) is 86.0 Å². The third-order valence-electron chi connectivity index (χ3n) is 11.7. The van der Waals surface area contributed by atoms with E-state index in [0.29, 0.717) is 70.9 Å². The van der Waals surface area contributed by atoms with Crippen molar-refractivity contribution in [3.63, 3.8) is 0 Å². The van der Waals surface area contributed by atoms with Gasteiger partial charge in [0, 0.05) is 67.6 Å². The number of fused-ring (bicyclic) bond motifs is 2. The van der Waals surface area contributed by atoms with Crippen LogP contribution in [0, 0.1) is 11.3 Å². The van der Waals surface area contributed by atoms with E-state index in [0.717, 1.165) is 0 Å². The third-order valence-corrected chi connectivity index (χ3v) is 11.9. The van der Waals surface area contributed by atoms with E-state index < -0.39 is 46.8 Å². The molecule has 316 valence electrons. The van der Waals surface area contributed by atoms with Gasteiger partial charge in [-0.15, -0.1) is 0 Å². The highest BCUT2D eigenvalue weighted by Crippen LogP contribution is 2.52. The summed E-state index contributed by atoms with van der Waals surface area (Å²) in [6.45, 7) is 3.99. The molecule has 2 saturated heterocycles. The Hall–Kier alpha value is -5.98. The Bertz CT molecular complexity index is 2590. The number of nitrogens with zero attached hydrogens (tertiary/aromatic N) is 7. The average molecular weight is 850 g/mol. The van der Waals surface area contributed by atoms with Crippen molar-refractivity contribution in [1.29, 1.82) is 0 Å². The minimum absolute atomic E-state index is 0.0151. The van der Waals surface area contributed by atoms with Crippen molar-refractivity contribution in [3.05, 3.63) is 63.8 Å². The lowest BCUT2D eigenvalue weighted by molar-refractivity contribution is -0.196. The lowest BCUT2D eigenvalue weighted by Gasteiger charge is -2.55. The summed E-state index contributed by atoms with van der Waals surface area (Å²) in [5.74, 6) is -2.78. The molecule has 2 unspecified atom stereocenters. The number of aryl methyl sites for hydroxylation is 1. The first-order valence-corrected chi connectivity index (χ1v) is 20.0. The standard InChI is InChI=1S/C40H43ClF3N11O5/c1-20(2)55-35-21(12-30(37(55)59)60-17-32(57)45-3)11-23(15-46-35)49-34-27(41)16-47-38(51-34)54-18-39(19-54)10-9-28(26(14-39)40(42,43)44)48-22-5-6-24-29(13-22)53(4)52-33(24)25-7-8-31(56)50-36(25)58/h5-6,11-13,15-16,20,25-26,28,48H,7-10,14,17-19H2,1-4H3,(H,45,57)(H,47,49,51)(H,50,56,58)/t25?,26?,28-/m0/s1. The van der Waals surface area contributed by atoms with Crippen LogP contribution < -0.4 is 36.5 Å². The lowest BCUT2D eigenvalue weighted by atomic mass is 9.63. The van der Waals surface area contributed by atoms with Gasteiger partial charge in [-0.2, -0.15) is 23.3 Å². The number of ether oxygens (including phenoxy) is 1. The third kappa shape index (κ3) is 7.77. The second-order valence-electron chi connectivity index (χ2n) is 16.1. The number of rotatable bonds is 10. The number of imide groups is 1. The average Bonchev–Trinajstić information content (AvgIpc) is 3.51. The van der Waals surface area contributed by atoms with Crippen molar-refractivity contribution in [2.24, 2.45) is 18.4 Å². The van der Waals surface area contributed by atoms with Gasteiger partial charge in [-0.05, 0) is 69.9 Å². The molecule has 4 aromatic heterocycles. The minimum atomic E-state index is -4.45. The summed E-state index contributed by atoms with van der Waals surface area (Å²) in [6.07, 6.45) is -0.189. The summed E-state index contributed by atoms with van der Waals surface area (Å²) in [7, 11) is 3.18. The van der Waals surface area contributed by atoms with Gasteiger partial charge in [0.1, 0.15) is 10.7 Å². The van der Waals surface area contributed by atoms with E-state index in [-0.39, 0.29) is 54.4 Å². The Morgan fingerprint density at radius 1 is 1.08 bits per heavy atom. The minimum Gasteiger partial charge on any atom is -0.478 e. The molecule has 1 saturated carbocycles. The van der Waals surface area contributed by atoms with E-state index in [2.05, 4.69) is 41.3 Å². The van der Waals surface area contributed by atoms with Crippen molar-refractivity contribution in [2.45, 2.75) is 70.1 Å². The fourth-order valence-corrected chi connectivity index (χ4v) is 8.82. The van der Waals surface area contributed by atoms with E-state index in [4.69, 9.17) is 16.3 Å². The molecular weight excluding hydrogens is 807 g/mol. The van der Waals surface area contributed by atoms with Crippen LogP contribution in [0.15, 0.2) is 47.5 Å². The van der Waals surface area contributed by atoms with Gasteiger partial charge >= 0.3 is 6.18 Å². The van der Waals surface area contributed by atoms with Gasteiger partial charge in [0.2, 0.25) is 17.8 Å². The Labute approximate surface area is 346 Å². The first-order chi connectivity index (χ1) is 28.5. The molecule has 0 bridgehead atoms. The number of piperidine rings is 1. The zero-order valence-corrected chi connectivity index (χ0v) is 33.9. The summed E-state index contributed by atoms with van der Waals surface area (Å²) < 4.78 is 53.0. The van der Waals surface area contributed by atoms with Crippen molar-refractivity contribution >= 4 is 74.4 Å². The number of likely N-dealkylation sites (N-methyl/N-ethyl adjacent to an activating group) is 1. The second kappa shape index (κ2) is 15.6. The quantitative estimate of drug-likeness (QED) is 0.132. The van der Waals surface area contributed by atoms with Crippen LogP contribution in [0.4, 0.5) is 36.3 Å². The SMILES string of the molecule is CNC(=O)COc1cc2cc(Nc3nc(N4CC5(CC[C@H](Nc6ccc7c(C8CCC(=O)NC8=O)nn(C)c7c6)C(C(F)(F)F)C5)C4)ncc3Cl)cnc2n(C(C)C)c1=O. The number of pyridine rings is 2. The van der Waals surface area contributed by atoms with E-state index in [9.17, 15) is 32.3 Å². The Morgan fingerprint density at radius 2 is 1.87 bits per heavy atom. The van der Waals surface area contributed by atoms with E-state index in [1.165, 1.54) is 30.1 Å². The zero-order valence-electron chi connectivity index (χ0n) is 33.2. The highest BCUT2D eigenvalue weighted by molar-refractivity contribution is 6.33. The molecular formula is C40H43ClF3N11O5. The van der Waals surface area contributed by atoms with Crippen LogP contribution in [0.3, 0.4) is 0 Å². The van der Waals surface area contributed by atoms with Crippen molar-refractivity contribution in [3.8, 4) is 5.75 Å². The summed E-state index contributed by atoms with van der Waals surface area (Å²) in [5.41, 5.74) is 1.58. The summed E-state index contributed by atoms with van der Waals surface area (Å²) in [6, 6.07) is 7.36. The van der Waals surface area contributed by atoms with Gasteiger partial charge in [-0.3, -0.25) is 33.7 Å². The number of benzene rings is 1. The molecule has 1 aliphatic carbocycles. The molecule has 8 rings (SSSR count). The van der Waals surface area contributed by atoms with Crippen molar-refractivity contribution in [1.82, 2.24) is 39.9 Å². The van der Waals surface area contributed by atoms with Gasteiger partial charge in [-0.25, -0.2) is 9.97 Å². The maximum absolute atomic E-state index is 14.8. The number of carbonyl (C=O) groups is 3. The molecule has 20 heteroatoms. The first-order valence-electron chi connectivity index (χ1n) is 19.6. The summed E-state index contributed by atoms with van der Waals surface area (Å²) in [4.78, 5) is 64.7. The van der Waals surface area contributed by atoms with Crippen LogP contribution in [-0.2, 0) is 21.4 Å². The van der Waals surface area contributed by atoms with E-state index >= 15 is 0 Å². The van der Waals surface area contributed by atoms with Crippen LogP contribution in [0.25, 0.3) is 21.9 Å². The first kappa shape index (κ1) is 40.8. The Kier molecular flexibility index (Phi) is 10.6. The van der Waals surface area contributed by atoms with Crippen LogP contribution in [0.1, 0.15) is 63.6 Å². The smallest absolute Gasteiger partial charge is 0.393 e. The molecule has 6 heterocycles. The molecule has 3 fully saturated rings. The molecule has 2 aliphatic heterocycles. The normalized spacial score (nSPS) is 20.4. The largest absolute Gasteiger partial charge is 0.478 e. The highest BCUT2D eigenvalue weighted by atomic mass is 35.5. The molecule has 3 amide bonds. The van der Waals surface area contributed by atoms with Gasteiger partial charge in [0.15, 0.2) is 18.2 Å². The maximum atomic E-state index is 14.8. The predicted octanol–water partition coefficient (Wildman–Crippen LogP) is 5.35. The molecule has 16 nitrogen and oxygen atoms in total. The van der Waals surface area contributed by atoms with Crippen molar-refractivity contribution in [2.75, 3.05) is 42.3 Å². The number of hydrogen-bond donors (Lipinski definition) is 4. The number of aromatic nitrogens is 6. The van der Waals surface area contributed by atoms with Crippen LogP contribution in [0.2, 0.25) is 5.02 Å². The molecule has 1 spiro atoms. The van der Waals surface area contributed by atoms with E-state index in [1.54, 1.807) is 36.0 Å². The van der Waals surface area contributed by atoms with Crippen molar-refractivity contribution < 1.29 is 32.3 Å². The van der Waals surface area contributed by atoms with E-state index in [1.807, 2.05) is 18.7 Å². The molecule has 4 N–H and O–H groups in total. The topological polar surface area (TPSA) is 190 Å². The number of amides is 3. The monoisotopic (exact) mass is 849 g/mol. The number of nitrogens with one attached hydrogen (secondary N) is 4. The molecule has 3 aliphatic rings. The summed E-state index contributed by atoms with van der Waals surface area (Å²) >= 11 is 6.52. The number of carbonyl (C=O) groups excluding carboxylic acids is 3. The van der Waals surface area contributed by atoms with Gasteiger partial charge < -0.3 is 25.6 Å². The zero-order chi connectivity index (χ0) is 42.7. The van der Waals surface area contributed by atoms with Crippen LogP contribution >= 0.6 is 11.6 Å². The second-order valence-corrected chi connectivity index (χ2v) is 16.5. The Morgan fingerprint density at radius 3 is 2.58 bits per heavy atom. The van der Waals surface area contributed by atoms with Gasteiger partial charge in [0.05, 0.1) is 41.1 Å². The van der Waals surface area contributed by atoms with Gasteiger partial charge in [-0.1, -0.05) is 11.6 Å². The highest BCUT2D eigenvalue weighted by Gasteiger charge is 2.56. The molecule has 1 aromatic carbocycles. The predicted molar refractivity (Wildman–Crippen MR) is 218 cm³/mol. The molecule has 3 atom stereocenters. The molecule has 0 radical (unpaired) electrons. The molecule has 60 heavy (non-hydrogen) atoms. The summed E-state index contributed by atoms with van der Waals surface area (Å²) in [5, 5.41) is 17.2. The molecule has 5 aromatic rings. The number of anilines is 4. The number of hydrogen-bond acceptors (Lipinski definition) is 12. The number of halogens is 4. The lowest BCUT2D eigenvalue weighted by Crippen LogP contribution is -2.62. The fraction of sp³-hybridized carbons (Fsp3) is 0.450. The van der Waals surface area contributed by atoms with Crippen LogP contribution in [0.5, 0.6) is 5.75 Å². The fourth-order valence-electron chi connectivity index (χ4n) is 8.68. The maximum Gasteiger partial charge on any atom is 0.393 e. The van der Waals surface area contributed by atoms with Gasteiger partial charge in [0.25, 0.3) is 11.5 Å².